The van der Waals surface area contributed by atoms with E-state index >= 15 is 0 Å². The first-order valence-electron chi connectivity index (χ1n) is 4.19. The van der Waals surface area contributed by atoms with Gasteiger partial charge in [-0.2, -0.15) is 5.10 Å². The van der Waals surface area contributed by atoms with Crippen LogP contribution in [0.4, 0.5) is 0 Å². The minimum atomic E-state index is -0.0635. The number of aryl methyl sites for hydroxylation is 1. The highest BCUT2D eigenvalue weighted by molar-refractivity contribution is 8.15. The van der Waals surface area contributed by atoms with Crippen molar-refractivity contribution in [3.05, 3.63) is 29.6 Å². The first-order valence-corrected chi connectivity index (χ1v) is 5.17. The van der Waals surface area contributed by atoms with Gasteiger partial charge in [0.15, 0.2) is 0 Å². The zero-order chi connectivity index (χ0) is 9.97. The zero-order valence-electron chi connectivity index (χ0n) is 7.65. The number of amides is 1. The summed E-state index contributed by atoms with van der Waals surface area (Å²) in [6.07, 6.45) is 0. The number of aromatic nitrogens is 1. The van der Waals surface area contributed by atoms with E-state index in [1.807, 2.05) is 25.1 Å². The van der Waals surface area contributed by atoms with Gasteiger partial charge >= 0.3 is 0 Å². The molecule has 2 rings (SSSR count). The lowest BCUT2D eigenvalue weighted by molar-refractivity contribution is -0.118. The minimum absolute atomic E-state index is 0.0635. The zero-order valence-corrected chi connectivity index (χ0v) is 8.47. The lowest BCUT2D eigenvalue weighted by atomic mass is 10.3. The molecule has 0 aromatic carbocycles. The van der Waals surface area contributed by atoms with Gasteiger partial charge in [0, 0.05) is 5.69 Å². The molecule has 0 spiro atoms. The van der Waals surface area contributed by atoms with Crippen molar-refractivity contribution >= 4 is 22.7 Å². The minimum Gasteiger partial charge on any atom is -0.272 e. The van der Waals surface area contributed by atoms with Crippen molar-refractivity contribution in [3.8, 4) is 0 Å². The molecule has 0 radical (unpaired) electrons. The van der Waals surface area contributed by atoms with Crippen molar-refractivity contribution < 1.29 is 4.79 Å². The fourth-order valence-electron chi connectivity index (χ4n) is 1.10. The fourth-order valence-corrected chi connectivity index (χ4v) is 1.81. The molecule has 1 aromatic heterocycles. The molecule has 1 aliphatic heterocycles. The van der Waals surface area contributed by atoms with E-state index in [1.165, 1.54) is 11.8 Å². The van der Waals surface area contributed by atoms with Gasteiger partial charge in [-0.25, -0.2) is 5.43 Å². The molecule has 0 atom stereocenters. The largest absolute Gasteiger partial charge is 0.272 e. The van der Waals surface area contributed by atoms with Gasteiger partial charge in [-0.1, -0.05) is 17.8 Å². The van der Waals surface area contributed by atoms with Gasteiger partial charge < -0.3 is 0 Å². The van der Waals surface area contributed by atoms with E-state index in [2.05, 4.69) is 15.5 Å². The van der Waals surface area contributed by atoms with Crippen LogP contribution in [0.3, 0.4) is 0 Å². The summed E-state index contributed by atoms with van der Waals surface area (Å²) >= 11 is 1.41. The van der Waals surface area contributed by atoms with Gasteiger partial charge in [-0.15, -0.1) is 0 Å². The first kappa shape index (κ1) is 9.21. The number of hydrazone groups is 1. The van der Waals surface area contributed by atoms with Gasteiger partial charge in [-0.05, 0) is 19.1 Å². The Morgan fingerprint density at radius 1 is 1.50 bits per heavy atom. The second-order valence-electron chi connectivity index (χ2n) is 2.90. The van der Waals surface area contributed by atoms with Crippen LogP contribution in [-0.2, 0) is 4.79 Å². The Labute approximate surface area is 85.8 Å². The Morgan fingerprint density at radius 3 is 3.00 bits per heavy atom. The number of hydrogen-bond acceptors (Lipinski definition) is 4. The van der Waals surface area contributed by atoms with Crippen LogP contribution in [0, 0.1) is 6.92 Å². The monoisotopic (exact) mass is 207 g/mol. The van der Waals surface area contributed by atoms with E-state index in [4.69, 9.17) is 0 Å². The van der Waals surface area contributed by atoms with Gasteiger partial charge in [0.1, 0.15) is 5.04 Å². The number of nitrogens with one attached hydrogen (secondary N) is 1. The fraction of sp³-hybridized carbons (Fsp3) is 0.222. The van der Waals surface area contributed by atoms with E-state index < -0.39 is 0 Å². The van der Waals surface area contributed by atoms with Crippen molar-refractivity contribution in [1.29, 1.82) is 0 Å². The molecule has 1 N–H and O–H groups in total. The molecule has 5 heteroatoms. The molecule has 1 aromatic rings. The lowest BCUT2D eigenvalue weighted by Gasteiger charge is -2.10. The number of carbonyl (C=O) groups is 1. The maximum absolute atomic E-state index is 10.8. The topological polar surface area (TPSA) is 54.4 Å². The molecule has 2 heterocycles. The molecule has 0 saturated heterocycles. The molecule has 1 amide bonds. The summed E-state index contributed by atoms with van der Waals surface area (Å²) in [4.78, 5) is 15.2. The van der Waals surface area contributed by atoms with Crippen LogP contribution in [0.2, 0.25) is 0 Å². The van der Waals surface area contributed by atoms with Gasteiger partial charge in [0.25, 0.3) is 5.91 Å². The third kappa shape index (κ3) is 1.93. The van der Waals surface area contributed by atoms with Crippen molar-refractivity contribution in [1.82, 2.24) is 10.4 Å². The van der Waals surface area contributed by atoms with Crippen molar-refractivity contribution in [2.45, 2.75) is 6.92 Å². The molecule has 0 saturated carbocycles. The summed E-state index contributed by atoms with van der Waals surface area (Å²) < 4.78 is 0. The molecular formula is C9H9N3OS. The highest BCUT2D eigenvalue weighted by Crippen LogP contribution is 2.14. The smallest absolute Gasteiger partial charge is 0.250 e. The Morgan fingerprint density at radius 2 is 2.36 bits per heavy atom. The second kappa shape index (κ2) is 3.79. The maximum atomic E-state index is 10.8. The van der Waals surface area contributed by atoms with Crippen LogP contribution in [0.1, 0.15) is 11.4 Å². The lowest BCUT2D eigenvalue weighted by Crippen LogP contribution is -2.26. The predicted molar refractivity (Wildman–Crippen MR) is 56.1 cm³/mol. The first-order chi connectivity index (χ1) is 6.75. The van der Waals surface area contributed by atoms with Crippen LogP contribution in [0.15, 0.2) is 23.3 Å². The van der Waals surface area contributed by atoms with Crippen LogP contribution < -0.4 is 5.43 Å². The molecule has 0 unspecified atom stereocenters. The molecule has 0 aliphatic carbocycles. The highest BCUT2D eigenvalue weighted by Gasteiger charge is 2.14. The average Bonchev–Trinajstić information content (AvgIpc) is 2.19. The highest BCUT2D eigenvalue weighted by atomic mass is 32.2. The molecule has 0 bridgehead atoms. The SMILES string of the molecule is Cc1cccc(C2=NNC(=O)CS2)n1. The normalized spacial score (nSPS) is 16.1. The van der Waals surface area contributed by atoms with E-state index in [9.17, 15) is 4.79 Å². The third-order valence-corrected chi connectivity index (χ3v) is 2.71. The molecule has 72 valence electrons. The van der Waals surface area contributed by atoms with E-state index in [0.717, 1.165) is 16.4 Å². The van der Waals surface area contributed by atoms with Gasteiger partial charge in [-0.3, -0.25) is 9.78 Å². The van der Waals surface area contributed by atoms with Crippen molar-refractivity contribution in [3.63, 3.8) is 0 Å². The molecule has 1 aliphatic rings. The Bertz CT molecular complexity index is 403. The van der Waals surface area contributed by atoms with Gasteiger partial charge in [0.2, 0.25) is 0 Å². The standard InChI is InChI=1S/C9H9N3OS/c1-6-3-2-4-7(10-6)9-12-11-8(13)5-14-9/h2-4H,5H2,1H3,(H,11,13). The summed E-state index contributed by atoms with van der Waals surface area (Å²) in [6, 6.07) is 5.74. The van der Waals surface area contributed by atoms with Crippen LogP contribution in [0.25, 0.3) is 0 Å². The number of hydrogen-bond donors (Lipinski definition) is 1. The average molecular weight is 207 g/mol. The van der Waals surface area contributed by atoms with Crippen LogP contribution in [-0.4, -0.2) is 21.7 Å². The molecule has 14 heavy (non-hydrogen) atoms. The number of carbonyl (C=O) groups excluding carboxylic acids is 1. The number of nitrogens with zero attached hydrogens (tertiary/aromatic N) is 2. The van der Waals surface area contributed by atoms with Crippen molar-refractivity contribution in [2.24, 2.45) is 5.10 Å². The predicted octanol–water partition coefficient (Wildman–Crippen LogP) is 0.915. The Hall–Kier alpha value is -1.36. The number of rotatable bonds is 1. The van der Waals surface area contributed by atoms with Crippen LogP contribution in [0.5, 0.6) is 0 Å². The Kier molecular flexibility index (Phi) is 2.49. The maximum Gasteiger partial charge on any atom is 0.250 e. The summed E-state index contributed by atoms with van der Waals surface area (Å²) in [5.41, 5.74) is 4.20. The molecular weight excluding hydrogens is 198 g/mol. The number of pyridine rings is 1. The Balaban J connectivity index is 2.27. The summed E-state index contributed by atoms with van der Waals surface area (Å²) in [5.74, 6) is 0.348. The summed E-state index contributed by atoms with van der Waals surface area (Å²) in [6.45, 7) is 1.93. The van der Waals surface area contributed by atoms with Crippen molar-refractivity contribution in [2.75, 3.05) is 5.75 Å². The quantitative estimate of drug-likeness (QED) is 0.744. The number of thioether (sulfide) groups is 1. The summed E-state index contributed by atoms with van der Waals surface area (Å²) in [7, 11) is 0. The molecule has 0 fully saturated rings. The van der Waals surface area contributed by atoms with E-state index in [-0.39, 0.29) is 5.91 Å². The third-order valence-electron chi connectivity index (χ3n) is 1.73. The van der Waals surface area contributed by atoms with Gasteiger partial charge in [0.05, 0.1) is 11.4 Å². The van der Waals surface area contributed by atoms with Crippen LogP contribution >= 0.6 is 11.8 Å². The van der Waals surface area contributed by atoms with E-state index in [0.29, 0.717) is 5.75 Å². The summed E-state index contributed by atoms with van der Waals surface area (Å²) in [5, 5.41) is 4.71. The molecule has 4 nitrogen and oxygen atoms in total. The second-order valence-corrected chi connectivity index (χ2v) is 3.87. The van der Waals surface area contributed by atoms with E-state index in [1.54, 1.807) is 0 Å².